The number of halogens is 1. The van der Waals surface area contributed by atoms with Crippen LogP contribution in [0.5, 0.6) is 0 Å². The predicted octanol–water partition coefficient (Wildman–Crippen LogP) is 4.77. The van der Waals surface area contributed by atoms with Crippen molar-refractivity contribution >= 4 is 22.6 Å². The van der Waals surface area contributed by atoms with Crippen molar-refractivity contribution in [3.63, 3.8) is 0 Å². The van der Waals surface area contributed by atoms with E-state index in [-0.39, 0.29) is 10.9 Å². The first-order valence-corrected chi connectivity index (χ1v) is 10.3. The topological polar surface area (TPSA) is 70.4 Å². The molecule has 2 aromatic rings. The first-order valence-electron chi connectivity index (χ1n) is 9.88. The van der Waals surface area contributed by atoms with E-state index in [4.69, 9.17) is 25.8 Å². The van der Waals surface area contributed by atoms with Gasteiger partial charge in [-0.3, -0.25) is 0 Å². The van der Waals surface area contributed by atoms with Gasteiger partial charge >= 0.3 is 0 Å². The number of ether oxygens (including phenoxy) is 3. The fraction of sp³-hybridized carbons (Fsp3) is 0.619. The quantitative estimate of drug-likeness (QED) is 0.336. The average Bonchev–Trinajstić information content (AvgIpc) is 2.98. The molecule has 0 saturated heterocycles. The summed E-state index contributed by atoms with van der Waals surface area (Å²) in [6.45, 7) is 19.6. The molecule has 0 aliphatic heterocycles. The molecule has 0 bridgehead atoms. The first kappa shape index (κ1) is 23.4. The summed E-state index contributed by atoms with van der Waals surface area (Å²) in [7, 11) is 0. The minimum atomic E-state index is -0.522. The Balaban J connectivity index is 2.45. The molecule has 0 radical (unpaired) electrons. The Bertz CT molecular complexity index is 836. The number of fused-ring (bicyclic) bond motifs is 1. The van der Waals surface area contributed by atoms with E-state index >= 15 is 0 Å². The zero-order chi connectivity index (χ0) is 21.8. The van der Waals surface area contributed by atoms with E-state index in [0.717, 1.165) is 16.7 Å². The lowest BCUT2D eigenvalue weighted by Crippen LogP contribution is -2.40. The molecule has 0 spiro atoms. The summed E-state index contributed by atoms with van der Waals surface area (Å²) >= 11 is 6.10. The van der Waals surface area contributed by atoms with Gasteiger partial charge in [-0.05, 0) is 72.7 Å². The van der Waals surface area contributed by atoms with E-state index in [2.05, 4.69) is 40.3 Å². The molecule has 0 saturated carbocycles. The van der Waals surface area contributed by atoms with Crippen LogP contribution in [0.4, 0.5) is 0 Å². The van der Waals surface area contributed by atoms with Crippen LogP contribution in [0.3, 0.4) is 0 Å². The van der Waals surface area contributed by atoms with Gasteiger partial charge in [-0.2, -0.15) is 4.98 Å². The molecule has 0 fully saturated rings. The molecular weight excluding hydrogens is 392 g/mol. The maximum atomic E-state index is 6.10. The number of nitrogens with zero attached hydrogens (tertiary/aromatic N) is 3. The van der Waals surface area contributed by atoms with Crippen LogP contribution in [-0.4, -0.2) is 39.9 Å². The summed E-state index contributed by atoms with van der Waals surface area (Å²) in [5, 5.41) is 4.34. The SMILES string of the molecule is C=C(NCC(C)(C)n1c(C(OCC)OCC)cc2cnc(Cl)nc21)OC(C)(C)C. The third-order valence-electron chi connectivity index (χ3n) is 4.17. The lowest BCUT2D eigenvalue weighted by Gasteiger charge is -2.33. The van der Waals surface area contributed by atoms with Crippen LogP contribution in [0.2, 0.25) is 5.28 Å². The maximum absolute atomic E-state index is 6.10. The number of rotatable bonds is 10. The van der Waals surface area contributed by atoms with Gasteiger partial charge in [0.1, 0.15) is 11.2 Å². The number of nitrogens with one attached hydrogen (secondary N) is 1. The van der Waals surface area contributed by atoms with Crippen LogP contribution in [0, 0.1) is 0 Å². The van der Waals surface area contributed by atoms with Crippen molar-refractivity contribution in [2.75, 3.05) is 19.8 Å². The Morgan fingerprint density at radius 1 is 1.21 bits per heavy atom. The zero-order valence-corrected chi connectivity index (χ0v) is 19.3. The highest BCUT2D eigenvalue weighted by Crippen LogP contribution is 2.32. The lowest BCUT2D eigenvalue weighted by molar-refractivity contribution is -0.145. The molecule has 7 nitrogen and oxygen atoms in total. The minimum absolute atomic E-state index is 0.192. The third-order valence-corrected chi connectivity index (χ3v) is 4.35. The van der Waals surface area contributed by atoms with Crippen molar-refractivity contribution in [2.45, 2.75) is 65.9 Å². The van der Waals surface area contributed by atoms with E-state index in [1.54, 1.807) is 6.20 Å². The number of hydrogen-bond acceptors (Lipinski definition) is 6. The van der Waals surface area contributed by atoms with Crippen molar-refractivity contribution in [3.05, 3.63) is 35.7 Å². The largest absolute Gasteiger partial charge is 0.474 e. The average molecular weight is 425 g/mol. The van der Waals surface area contributed by atoms with Gasteiger partial charge in [0, 0.05) is 31.3 Å². The van der Waals surface area contributed by atoms with Crippen LogP contribution in [-0.2, 0) is 19.7 Å². The van der Waals surface area contributed by atoms with Crippen LogP contribution in [0.25, 0.3) is 11.0 Å². The second kappa shape index (κ2) is 9.32. The molecule has 0 amide bonds. The Morgan fingerprint density at radius 2 is 1.83 bits per heavy atom. The molecule has 29 heavy (non-hydrogen) atoms. The number of aromatic nitrogens is 3. The summed E-state index contributed by atoms with van der Waals surface area (Å²) in [6, 6.07) is 1.99. The van der Waals surface area contributed by atoms with Gasteiger partial charge in [0.05, 0.1) is 11.2 Å². The van der Waals surface area contributed by atoms with Crippen molar-refractivity contribution in [1.82, 2.24) is 19.9 Å². The van der Waals surface area contributed by atoms with Gasteiger partial charge in [-0.15, -0.1) is 0 Å². The van der Waals surface area contributed by atoms with Gasteiger partial charge in [0.2, 0.25) is 5.28 Å². The molecule has 162 valence electrons. The molecule has 1 N–H and O–H groups in total. The molecular formula is C21H33ClN4O3. The molecule has 2 aromatic heterocycles. The van der Waals surface area contributed by atoms with Gasteiger partial charge in [0.15, 0.2) is 12.2 Å². The summed E-state index contributed by atoms with van der Waals surface area (Å²) in [4.78, 5) is 8.60. The van der Waals surface area contributed by atoms with Gasteiger partial charge in [-0.25, -0.2) is 4.98 Å². The summed E-state index contributed by atoms with van der Waals surface area (Å²) in [6.07, 6.45) is 1.19. The van der Waals surface area contributed by atoms with Crippen LogP contribution in [0.1, 0.15) is 60.5 Å². The highest BCUT2D eigenvalue weighted by Gasteiger charge is 2.30. The smallest absolute Gasteiger partial charge is 0.224 e. The molecule has 2 heterocycles. The van der Waals surface area contributed by atoms with Crippen LogP contribution in [0.15, 0.2) is 24.7 Å². The molecule has 0 aromatic carbocycles. The van der Waals surface area contributed by atoms with Crippen molar-refractivity contribution < 1.29 is 14.2 Å². The summed E-state index contributed by atoms with van der Waals surface area (Å²) in [5.41, 5.74) is 0.828. The Hall–Kier alpha value is -1.83. The van der Waals surface area contributed by atoms with Crippen LogP contribution < -0.4 is 5.32 Å². The molecule has 0 unspecified atom stereocenters. The Labute approximate surface area is 178 Å². The fourth-order valence-electron chi connectivity index (χ4n) is 3.12. The van der Waals surface area contributed by atoms with Crippen molar-refractivity contribution in [3.8, 4) is 0 Å². The normalized spacial score (nSPS) is 12.6. The second-order valence-electron chi connectivity index (χ2n) is 8.37. The molecule has 0 atom stereocenters. The predicted molar refractivity (Wildman–Crippen MR) is 116 cm³/mol. The molecule has 0 aliphatic carbocycles. The first-order chi connectivity index (χ1) is 13.5. The van der Waals surface area contributed by atoms with E-state index in [1.165, 1.54) is 0 Å². The highest BCUT2D eigenvalue weighted by molar-refractivity contribution is 6.28. The van der Waals surface area contributed by atoms with Gasteiger partial charge < -0.3 is 24.1 Å². The second-order valence-corrected chi connectivity index (χ2v) is 8.71. The summed E-state index contributed by atoms with van der Waals surface area (Å²) < 4.78 is 19.6. The standard InChI is InChI=1S/C21H33ClN4O3/c1-9-27-18(28-10-2)16-11-15-12-23-19(22)25-17(15)26(16)21(7,8)13-24-14(3)29-20(4,5)6/h11-12,18,24H,3,9-10,13H2,1-2,4-8H3. The lowest BCUT2D eigenvalue weighted by atomic mass is 10.0. The summed E-state index contributed by atoms with van der Waals surface area (Å²) in [5.74, 6) is 0.516. The van der Waals surface area contributed by atoms with E-state index in [1.807, 2.05) is 40.7 Å². The third kappa shape index (κ3) is 6.07. The monoisotopic (exact) mass is 424 g/mol. The molecule has 8 heteroatoms. The van der Waals surface area contributed by atoms with E-state index in [9.17, 15) is 0 Å². The van der Waals surface area contributed by atoms with Gasteiger partial charge in [-0.1, -0.05) is 0 Å². The minimum Gasteiger partial charge on any atom is -0.474 e. The van der Waals surface area contributed by atoms with Gasteiger partial charge in [0.25, 0.3) is 0 Å². The van der Waals surface area contributed by atoms with E-state index < -0.39 is 11.8 Å². The Kier molecular flexibility index (Phi) is 7.54. The fourth-order valence-corrected chi connectivity index (χ4v) is 3.25. The number of hydrogen-bond donors (Lipinski definition) is 1. The van der Waals surface area contributed by atoms with E-state index in [0.29, 0.717) is 25.6 Å². The molecule has 0 aliphatic rings. The highest BCUT2D eigenvalue weighted by atomic mass is 35.5. The zero-order valence-electron chi connectivity index (χ0n) is 18.5. The van der Waals surface area contributed by atoms with Crippen molar-refractivity contribution in [2.24, 2.45) is 0 Å². The van der Waals surface area contributed by atoms with Crippen LogP contribution >= 0.6 is 11.6 Å². The molecule has 2 rings (SSSR count). The Morgan fingerprint density at radius 3 is 2.38 bits per heavy atom. The van der Waals surface area contributed by atoms with Crippen molar-refractivity contribution in [1.29, 1.82) is 0 Å². The maximum Gasteiger partial charge on any atom is 0.224 e.